The molecule has 2 aromatic carbocycles. The first-order chi connectivity index (χ1) is 35.4. The van der Waals surface area contributed by atoms with Gasteiger partial charge in [-0.25, -0.2) is 0 Å². The number of hydrogen-bond acceptors (Lipinski definition) is 12. The zero-order valence-electron chi connectivity index (χ0n) is 48.0. The fourth-order valence-corrected chi connectivity index (χ4v) is 17.9. The first-order valence-corrected chi connectivity index (χ1v) is 30.6. The van der Waals surface area contributed by atoms with Crippen molar-refractivity contribution >= 4 is 35.1 Å². The molecule has 15 heteroatoms. The average Bonchev–Trinajstić information content (AvgIpc) is 3.81. The number of aryl methyl sites for hydroxylation is 1. The summed E-state index contributed by atoms with van der Waals surface area (Å²) in [5, 5.41) is 45.2. The van der Waals surface area contributed by atoms with Crippen LogP contribution in [0.15, 0.2) is 73.1 Å². The van der Waals surface area contributed by atoms with Crippen LogP contribution in [-0.4, -0.2) is 152 Å². The van der Waals surface area contributed by atoms with Crippen molar-refractivity contribution in [3.8, 4) is 0 Å². The monoisotopic (exact) mass is 1060 g/mol. The van der Waals surface area contributed by atoms with E-state index in [0.717, 1.165) is 44.7 Å². The van der Waals surface area contributed by atoms with Gasteiger partial charge in [0.05, 0.1) is 41.5 Å². The fraction of sp³-hybridized carbons (Fsp3) is 0.717. The van der Waals surface area contributed by atoms with Gasteiger partial charge in [0, 0.05) is 31.9 Å². The minimum atomic E-state index is -2.39. The summed E-state index contributed by atoms with van der Waals surface area (Å²) in [4.78, 5) is 33.4. The molecule has 422 valence electrons. The molecular weight excluding hydrogens is 968 g/mol. The smallest absolute Gasteiger partial charge is 0.386 e. The molecule has 3 fully saturated rings. The average molecular weight is 1070 g/mol. The predicted molar refractivity (Wildman–Crippen MR) is 300 cm³/mol. The number of hydrogen-bond donors (Lipinski definition) is 3. The summed E-state index contributed by atoms with van der Waals surface area (Å²) in [5.74, 6) is -2.04. The summed E-state index contributed by atoms with van der Waals surface area (Å²) in [6.07, 6.45) is 8.55. The number of nitrogens with zero attached hydrogens (tertiary/aromatic N) is 4. The molecular formula is C60H97N4O10P. The van der Waals surface area contributed by atoms with Crippen LogP contribution in [0.2, 0.25) is 0 Å². The number of carbonyl (C=O) groups is 2. The molecule has 1 amide bonds. The van der Waals surface area contributed by atoms with Gasteiger partial charge in [0.15, 0.2) is 6.29 Å². The van der Waals surface area contributed by atoms with E-state index in [1.165, 1.54) is 15.9 Å². The third-order valence-electron chi connectivity index (χ3n) is 17.5. The summed E-state index contributed by atoms with van der Waals surface area (Å²) in [6, 6.07) is 21.7. The van der Waals surface area contributed by atoms with Crippen molar-refractivity contribution in [2.45, 2.75) is 218 Å². The summed E-state index contributed by atoms with van der Waals surface area (Å²) < 4.78 is 34.3. The number of rotatable bonds is 17. The van der Waals surface area contributed by atoms with Crippen LogP contribution < -0.4 is 15.9 Å². The van der Waals surface area contributed by atoms with E-state index >= 15 is 0 Å². The molecule has 3 saturated heterocycles. The molecule has 3 aliphatic rings. The van der Waals surface area contributed by atoms with Crippen LogP contribution >= 0.6 is 7.26 Å². The predicted octanol–water partition coefficient (Wildman–Crippen LogP) is 7.68. The number of benzene rings is 2. The van der Waals surface area contributed by atoms with Crippen LogP contribution in [0, 0.1) is 17.8 Å². The van der Waals surface area contributed by atoms with Gasteiger partial charge in [-0.3, -0.25) is 4.79 Å². The molecule has 0 bridgehead atoms. The van der Waals surface area contributed by atoms with Gasteiger partial charge < -0.3 is 43.9 Å². The van der Waals surface area contributed by atoms with Gasteiger partial charge in [0.1, 0.15) is 12.2 Å². The first kappa shape index (κ1) is 60.9. The standard InChI is InChI=1S/C60H97N4O10P/c1-14-52-59(8,69)36-42(3)64(54(65)30-24-16-15-17-25-31-75(47-26-20-18-21-27-47,48-28-22-19-23-29-48)49-38-61-63(12)40-49)39-41(2)35-58(7,68)53(73-55-33-46(62(10)11)32-43(4)71-55)34-50(44(5)57(67)74-52)51-37-60(9,70-13)56(66)45(6)72-51/h18-23,26-29,38,40-46,50-53,55-56,66,68-69,75H,14-17,24-25,30-37,39H2,1-13H3/t41-,42-,43-,44-,45+,46+,50+,51?,52-,53-,55+,56+,58-,59+,60-/m1/s1. The zero-order chi connectivity index (χ0) is 54.9. The van der Waals surface area contributed by atoms with E-state index in [0.29, 0.717) is 25.8 Å². The molecule has 4 heterocycles. The van der Waals surface area contributed by atoms with Crippen LogP contribution in [0.3, 0.4) is 0 Å². The third-order valence-corrected chi connectivity index (χ3v) is 22.5. The van der Waals surface area contributed by atoms with E-state index in [-0.39, 0.29) is 49.7 Å². The van der Waals surface area contributed by atoms with Crippen LogP contribution in [0.4, 0.5) is 0 Å². The molecule has 3 N–H and O–H groups in total. The van der Waals surface area contributed by atoms with Gasteiger partial charge in [-0.05, 0) is 68.0 Å². The molecule has 14 nitrogen and oxygen atoms in total. The number of aromatic nitrogens is 2. The summed E-state index contributed by atoms with van der Waals surface area (Å²) in [6.45, 7) is 17.3. The van der Waals surface area contributed by atoms with E-state index in [1.807, 2.05) is 58.2 Å². The Kier molecular flexibility index (Phi) is 21.6. The van der Waals surface area contributed by atoms with Gasteiger partial charge >= 0.3 is 230 Å². The topological polar surface area (TPSA) is 165 Å². The van der Waals surface area contributed by atoms with Gasteiger partial charge in [-0.1, -0.05) is 13.8 Å². The number of ether oxygens (including phenoxy) is 5. The van der Waals surface area contributed by atoms with Crippen molar-refractivity contribution in [1.29, 1.82) is 0 Å². The number of carbonyl (C=O) groups excluding carboxylic acids is 2. The molecule has 0 saturated carbocycles. The number of esters is 1. The Morgan fingerprint density at radius 1 is 0.840 bits per heavy atom. The molecule has 6 rings (SSSR count). The second kappa shape index (κ2) is 26.6. The Morgan fingerprint density at radius 2 is 1.47 bits per heavy atom. The van der Waals surface area contributed by atoms with E-state index in [1.54, 1.807) is 21.0 Å². The molecule has 1 aromatic heterocycles. The Labute approximate surface area is 450 Å². The van der Waals surface area contributed by atoms with Crippen LogP contribution in [0.1, 0.15) is 146 Å². The summed E-state index contributed by atoms with van der Waals surface area (Å²) >= 11 is 0. The Morgan fingerprint density at radius 3 is 2.05 bits per heavy atom. The zero-order valence-corrected chi connectivity index (χ0v) is 49.0. The van der Waals surface area contributed by atoms with Gasteiger partial charge in [-0.15, -0.1) is 0 Å². The SMILES string of the molecule is CC[C@H]1OC(=O)[C@H](C)[C@@H](C2C[C@@](C)(OC)[C@@H](O)[C@H](C)O2)C[C@@H](O[C@H]2C[C@@H](N(C)C)C[C@@H](C)O2)[C@](C)(O)C[C@@H](C)CN(C(=O)CCCCCCC[PH](c2ccccc2)(c2ccccc2)c2cnn(C)c2)[C@H](C)C[C@]1(C)O. The Balaban J connectivity index is 1.22. The number of cyclic esters (lactones) is 1. The molecule has 0 radical (unpaired) electrons. The number of amides is 1. The van der Waals surface area contributed by atoms with Gasteiger partial charge in [-0.2, -0.15) is 0 Å². The third kappa shape index (κ3) is 15.1. The summed E-state index contributed by atoms with van der Waals surface area (Å²) in [7, 11) is 5.29. The molecule has 3 aromatic rings. The number of aliphatic hydroxyl groups is 3. The van der Waals surface area contributed by atoms with Crippen LogP contribution in [0.25, 0.3) is 0 Å². The molecule has 0 spiro atoms. The molecule has 3 aliphatic heterocycles. The van der Waals surface area contributed by atoms with Crippen molar-refractivity contribution in [1.82, 2.24) is 19.6 Å². The van der Waals surface area contributed by atoms with Crippen molar-refractivity contribution in [2.24, 2.45) is 24.8 Å². The Hall–Kier alpha value is -3.30. The normalized spacial score (nSPS) is 35.1. The number of unbranched alkanes of at least 4 members (excludes halogenated alkanes) is 4. The van der Waals surface area contributed by atoms with Gasteiger partial charge in [0.25, 0.3) is 0 Å². The van der Waals surface area contributed by atoms with E-state index < -0.39 is 84.7 Å². The minimum Gasteiger partial charge on any atom is -0.386 e. The summed E-state index contributed by atoms with van der Waals surface area (Å²) in [5.41, 5.74) is -3.91. The quantitative estimate of drug-likeness (QED) is 0.0688. The maximum atomic E-state index is 14.7. The molecule has 1 unspecified atom stereocenters. The van der Waals surface area contributed by atoms with E-state index in [4.69, 9.17) is 23.7 Å². The fourth-order valence-electron chi connectivity index (χ4n) is 13.1. The number of aliphatic hydroxyl groups excluding tert-OH is 1. The molecule has 0 aliphatic carbocycles. The van der Waals surface area contributed by atoms with E-state index in [2.05, 4.69) is 104 Å². The maximum absolute atomic E-state index is 14.7. The van der Waals surface area contributed by atoms with E-state index in [9.17, 15) is 24.9 Å². The van der Waals surface area contributed by atoms with Crippen molar-refractivity contribution in [3.63, 3.8) is 0 Å². The first-order valence-electron chi connectivity index (χ1n) is 28.4. The second-order valence-corrected chi connectivity index (χ2v) is 28.1. The molecule has 15 atom stereocenters. The Bertz CT molecular complexity index is 2190. The van der Waals surface area contributed by atoms with Crippen molar-refractivity contribution in [2.75, 3.05) is 33.9 Å². The van der Waals surface area contributed by atoms with Crippen LogP contribution in [0.5, 0.6) is 0 Å². The van der Waals surface area contributed by atoms with Crippen molar-refractivity contribution < 1.29 is 48.6 Å². The van der Waals surface area contributed by atoms with Gasteiger partial charge in [0.2, 0.25) is 0 Å². The number of methoxy groups -OCH3 is 1. The van der Waals surface area contributed by atoms with Crippen molar-refractivity contribution in [3.05, 3.63) is 73.1 Å². The minimum absolute atomic E-state index is 0.00284. The molecule has 75 heavy (non-hydrogen) atoms. The second-order valence-electron chi connectivity index (χ2n) is 24.1. The van der Waals surface area contributed by atoms with Crippen LogP contribution in [-0.2, 0) is 40.3 Å².